The van der Waals surface area contributed by atoms with Gasteiger partial charge in [0.15, 0.2) is 0 Å². The molecule has 0 unspecified atom stereocenters. The highest BCUT2D eigenvalue weighted by atomic mass is 32.2. The minimum Gasteiger partial charge on any atom is -0.379 e. The van der Waals surface area contributed by atoms with Gasteiger partial charge in [-0.25, -0.2) is 17.8 Å². The predicted octanol–water partition coefficient (Wildman–Crippen LogP) is 1.13. The fourth-order valence-corrected chi connectivity index (χ4v) is 5.12. The van der Waals surface area contributed by atoms with E-state index in [1.54, 1.807) is 29.2 Å². The number of aromatic nitrogens is 1. The number of nitrogens with zero attached hydrogens (tertiary/aromatic N) is 4. The first-order chi connectivity index (χ1) is 14.9. The Bertz CT molecular complexity index is 1020. The number of anilines is 1. The number of rotatable bonds is 5. The average Bonchev–Trinajstić information content (AvgIpc) is 2.80. The Morgan fingerprint density at radius 3 is 2.42 bits per heavy atom. The third-order valence-corrected chi connectivity index (χ3v) is 7.41. The zero-order valence-corrected chi connectivity index (χ0v) is 17.9. The second kappa shape index (κ2) is 9.29. The zero-order chi connectivity index (χ0) is 21.8. The number of benzene rings is 1. The molecule has 0 N–H and O–H groups in total. The maximum atomic E-state index is 13.3. The summed E-state index contributed by atoms with van der Waals surface area (Å²) in [5.41, 5.74) is 0.658. The molecule has 31 heavy (non-hydrogen) atoms. The molecule has 0 aliphatic carbocycles. The third-order valence-electron chi connectivity index (χ3n) is 5.53. The Morgan fingerprint density at radius 2 is 1.77 bits per heavy atom. The van der Waals surface area contributed by atoms with E-state index in [-0.39, 0.29) is 23.0 Å². The second-order valence-electron chi connectivity index (χ2n) is 7.54. The van der Waals surface area contributed by atoms with Crippen LogP contribution in [0.5, 0.6) is 0 Å². The van der Waals surface area contributed by atoms with Gasteiger partial charge in [-0.1, -0.05) is 12.1 Å². The first-order valence-electron chi connectivity index (χ1n) is 10.2. The van der Waals surface area contributed by atoms with Crippen LogP contribution in [0.25, 0.3) is 0 Å². The van der Waals surface area contributed by atoms with Crippen molar-refractivity contribution in [3.05, 3.63) is 54.0 Å². The quantitative estimate of drug-likeness (QED) is 0.682. The fraction of sp³-hybridized carbons (Fsp3) is 0.429. The van der Waals surface area contributed by atoms with E-state index in [1.165, 1.54) is 22.6 Å². The van der Waals surface area contributed by atoms with Crippen molar-refractivity contribution in [2.45, 2.75) is 11.3 Å². The Balaban J connectivity index is 1.34. The van der Waals surface area contributed by atoms with Crippen molar-refractivity contribution in [2.24, 2.45) is 0 Å². The largest absolute Gasteiger partial charge is 0.379 e. The number of carbonyl (C=O) groups excluding carboxylic acids is 1. The molecule has 0 atom stereocenters. The minimum atomic E-state index is -3.57. The molecule has 1 amide bonds. The molecule has 0 bridgehead atoms. The van der Waals surface area contributed by atoms with Gasteiger partial charge in [0.1, 0.15) is 16.5 Å². The van der Waals surface area contributed by atoms with E-state index in [4.69, 9.17) is 4.74 Å². The summed E-state index contributed by atoms with van der Waals surface area (Å²) in [5.74, 6) is 0.295. The van der Waals surface area contributed by atoms with Gasteiger partial charge in [-0.05, 0) is 29.8 Å². The summed E-state index contributed by atoms with van der Waals surface area (Å²) < 4.78 is 45.4. The molecule has 2 aromatic rings. The molecule has 10 heteroatoms. The molecule has 2 fully saturated rings. The van der Waals surface area contributed by atoms with Crippen molar-refractivity contribution in [1.29, 1.82) is 0 Å². The Labute approximate surface area is 181 Å². The molecular weight excluding hydrogens is 423 g/mol. The summed E-state index contributed by atoms with van der Waals surface area (Å²) in [6.07, 6.45) is 1.56. The fourth-order valence-electron chi connectivity index (χ4n) is 3.77. The van der Waals surface area contributed by atoms with E-state index < -0.39 is 10.0 Å². The molecule has 0 radical (unpaired) electrons. The maximum absolute atomic E-state index is 13.3. The molecule has 166 valence electrons. The maximum Gasteiger partial charge on any atom is 0.244 e. The molecule has 0 spiro atoms. The van der Waals surface area contributed by atoms with Gasteiger partial charge in [0.2, 0.25) is 15.9 Å². The first kappa shape index (κ1) is 21.7. The Hall–Kier alpha value is -2.56. The van der Waals surface area contributed by atoms with Gasteiger partial charge in [0.25, 0.3) is 0 Å². The van der Waals surface area contributed by atoms with Crippen LogP contribution in [0, 0.1) is 5.82 Å². The number of pyridine rings is 1. The van der Waals surface area contributed by atoms with Crippen molar-refractivity contribution in [3.63, 3.8) is 0 Å². The smallest absolute Gasteiger partial charge is 0.244 e. The van der Waals surface area contributed by atoms with Crippen LogP contribution in [0.1, 0.15) is 5.56 Å². The van der Waals surface area contributed by atoms with Crippen LogP contribution in [-0.2, 0) is 26.0 Å². The van der Waals surface area contributed by atoms with E-state index in [0.717, 1.165) is 0 Å². The molecule has 4 rings (SSSR count). The Kier molecular flexibility index (Phi) is 6.49. The van der Waals surface area contributed by atoms with Crippen molar-refractivity contribution < 1.29 is 22.3 Å². The van der Waals surface area contributed by atoms with Gasteiger partial charge in [-0.2, -0.15) is 4.31 Å². The average molecular weight is 449 g/mol. The molecule has 0 saturated carbocycles. The minimum absolute atomic E-state index is 0.0369. The van der Waals surface area contributed by atoms with E-state index in [0.29, 0.717) is 63.9 Å². The van der Waals surface area contributed by atoms with Gasteiger partial charge in [-0.3, -0.25) is 4.79 Å². The number of morpholine rings is 1. The normalized spacial score (nSPS) is 18.2. The van der Waals surface area contributed by atoms with Crippen LogP contribution in [0.15, 0.2) is 47.5 Å². The van der Waals surface area contributed by atoms with Crippen LogP contribution in [0.3, 0.4) is 0 Å². The summed E-state index contributed by atoms with van der Waals surface area (Å²) >= 11 is 0. The lowest BCUT2D eigenvalue weighted by molar-refractivity contribution is -0.130. The van der Waals surface area contributed by atoms with Crippen molar-refractivity contribution in [3.8, 4) is 0 Å². The molecule has 2 aliphatic heterocycles. The monoisotopic (exact) mass is 448 g/mol. The lowest BCUT2D eigenvalue weighted by Crippen LogP contribution is -2.49. The van der Waals surface area contributed by atoms with E-state index >= 15 is 0 Å². The highest BCUT2D eigenvalue weighted by Crippen LogP contribution is 2.20. The van der Waals surface area contributed by atoms with Gasteiger partial charge >= 0.3 is 0 Å². The summed E-state index contributed by atoms with van der Waals surface area (Å²) in [7, 11) is -3.57. The number of hydrogen-bond donors (Lipinski definition) is 0. The lowest BCUT2D eigenvalue weighted by Gasteiger charge is -2.35. The number of sulfonamides is 1. The van der Waals surface area contributed by atoms with Gasteiger partial charge in [0, 0.05) is 45.5 Å². The van der Waals surface area contributed by atoms with Crippen molar-refractivity contribution >= 4 is 21.7 Å². The highest BCUT2D eigenvalue weighted by Gasteiger charge is 2.27. The third kappa shape index (κ3) is 5.03. The van der Waals surface area contributed by atoms with Gasteiger partial charge in [0.05, 0.1) is 19.6 Å². The summed E-state index contributed by atoms with van der Waals surface area (Å²) in [6.45, 7) is 3.73. The van der Waals surface area contributed by atoms with E-state index in [1.807, 2.05) is 4.90 Å². The topological polar surface area (TPSA) is 83.1 Å². The van der Waals surface area contributed by atoms with Gasteiger partial charge < -0.3 is 14.5 Å². The molecular formula is C21H25FN4O4S. The van der Waals surface area contributed by atoms with Crippen LogP contribution in [0.2, 0.25) is 0 Å². The summed E-state index contributed by atoms with van der Waals surface area (Å²) in [4.78, 5) is 20.8. The molecule has 1 aromatic heterocycles. The molecule has 2 aliphatic rings. The lowest BCUT2D eigenvalue weighted by atomic mass is 10.1. The SMILES string of the molecule is O=C(Cc1cccc(F)c1)N1CCN(c2ccc(S(=O)(=O)N3CCOCC3)cn2)CC1. The summed E-state index contributed by atoms with van der Waals surface area (Å²) in [5, 5.41) is 0. The van der Waals surface area contributed by atoms with Crippen molar-refractivity contribution in [1.82, 2.24) is 14.2 Å². The number of carbonyl (C=O) groups is 1. The van der Waals surface area contributed by atoms with Crippen LogP contribution in [0.4, 0.5) is 10.2 Å². The number of hydrogen-bond acceptors (Lipinski definition) is 6. The standard InChI is InChI=1S/C21H25FN4O4S/c22-18-3-1-2-17(14-18)15-21(27)25-8-6-24(7-9-25)20-5-4-19(16-23-20)31(28,29)26-10-12-30-13-11-26/h1-5,14,16H,6-13,15H2. The number of halogens is 1. The molecule has 1 aromatic carbocycles. The second-order valence-corrected chi connectivity index (χ2v) is 9.48. The van der Waals surface area contributed by atoms with E-state index in [2.05, 4.69) is 4.98 Å². The highest BCUT2D eigenvalue weighted by molar-refractivity contribution is 7.89. The molecule has 3 heterocycles. The van der Waals surface area contributed by atoms with Crippen molar-refractivity contribution in [2.75, 3.05) is 57.4 Å². The number of ether oxygens (including phenoxy) is 1. The van der Waals surface area contributed by atoms with Crippen LogP contribution < -0.4 is 4.90 Å². The molecule has 2 saturated heterocycles. The predicted molar refractivity (Wildman–Crippen MR) is 113 cm³/mol. The Morgan fingerprint density at radius 1 is 1.03 bits per heavy atom. The van der Waals surface area contributed by atoms with Crippen LogP contribution >= 0.6 is 0 Å². The van der Waals surface area contributed by atoms with Crippen LogP contribution in [-0.4, -0.2) is 81.0 Å². The van der Waals surface area contributed by atoms with Gasteiger partial charge in [-0.15, -0.1) is 0 Å². The number of piperazine rings is 1. The first-order valence-corrected chi connectivity index (χ1v) is 11.7. The van der Waals surface area contributed by atoms with E-state index in [9.17, 15) is 17.6 Å². The molecule has 8 nitrogen and oxygen atoms in total. The summed E-state index contributed by atoms with van der Waals surface area (Å²) in [6, 6.07) is 9.37. The zero-order valence-electron chi connectivity index (χ0n) is 17.1. The number of amides is 1.